The Hall–Kier alpha value is -0.0800. The summed E-state index contributed by atoms with van der Waals surface area (Å²) in [5, 5.41) is 3.73. The van der Waals surface area contributed by atoms with E-state index in [2.05, 4.69) is 19.2 Å². The largest absolute Gasteiger partial charge is 0.381 e. The van der Waals surface area contributed by atoms with Gasteiger partial charge in [0, 0.05) is 19.8 Å². The topological polar surface area (TPSA) is 21.3 Å². The molecule has 2 rings (SSSR count). The van der Waals surface area contributed by atoms with E-state index in [1.165, 1.54) is 58.0 Å². The van der Waals surface area contributed by atoms with Gasteiger partial charge in [-0.25, -0.2) is 0 Å². The Labute approximate surface area is 113 Å². The van der Waals surface area contributed by atoms with Gasteiger partial charge < -0.3 is 10.1 Å². The lowest BCUT2D eigenvalue weighted by Gasteiger charge is -2.35. The van der Waals surface area contributed by atoms with E-state index in [9.17, 15) is 0 Å². The van der Waals surface area contributed by atoms with Crippen LogP contribution in [-0.4, -0.2) is 26.3 Å². The number of rotatable bonds is 6. The van der Waals surface area contributed by atoms with E-state index in [1.54, 1.807) is 0 Å². The molecule has 0 radical (unpaired) electrons. The lowest BCUT2D eigenvalue weighted by molar-refractivity contribution is 0.0468. The van der Waals surface area contributed by atoms with Crippen LogP contribution in [0.4, 0.5) is 0 Å². The van der Waals surface area contributed by atoms with Crippen molar-refractivity contribution in [3.8, 4) is 0 Å². The second-order valence-corrected chi connectivity index (χ2v) is 6.99. The van der Waals surface area contributed by atoms with Crippen molar-refractivity contribution >= 4 is 0 Å². The second-order valence-electron chi connectivity index (χ2n) is 6.99. The molecule has 1 N–H and O–H groups in total. The minimum Gasteiger partial charge on any atom is -0.381 e. The number of hydrogen-bond acceptors (Lipinski definition) is 2. The van der Waals surface area contributed by atoms with Gasteiger partial charge in [0.25, 0.3) is 0 Å². The van der Waals surface area contributed by atoms with Crippen molar-refractivity contribution < 1.29 is 4.74 Å². The zero-order valence-electron chi connectivity index (χ0n) is 12.3. The summed E-state index contributed by atoms with van der Waals surface area (Å²) < 4.78 is 5.49. The predicted octanol–water partition coefficient (Wildman–Crippen LogP) is 3.61. The Balaban J connectivity index is 1.81. The van der Waals surface area contributed by atoms with Gasteiger partial charge in [-0.2, -0.15) is 0 Å². The summed E-state index contributed by atoms with van der Waals surface area (Å²) in [6.07, 6.45) is 9.85. The van der Waals surface area contributed by atoms with Crippen LogP contribution in [0.15, 0.2) is 0 Å². The monoisotopic (exact) mass is 253 g/mol. The molecule has 0 aromatic heterocycles. The van der Waals surface area contributed by atoms with Crippen molar-refractivity contribution in [1.82, 2.24) is 5.32 Å². The SMILES string of the molecule is CC(C)CNCC1(CC2CCOCC2)CCCC1. The van der Waals surface area contributed by atoms with Crippen LogP contribution in [0.5, 0.6) is 0 Å². The Bertz CT molecular complexity index is 227. The third kappa shape index (κ3) is 4.24. The first-order valence-corrected chi connectivity index (χ1v) is 7.99. The molecule has 0 bridgehead atoms. The summed E-state index contributed by atoms with van der Waals surface area (Å²) in [5.74, 6) is 1.70. The van der Waals surface area contributed by atoms with Gasteiger partial charge in [0.1, 0.15) is 0 Å². The molecule has 18 heavy (non-hydrogen) atoms. The van der Waals surface area contributed by atoms with Crippen LogP contribution >= 0.6 is 0 Å². The van der Waals surface area contributed by atoms with Crippen molar-refractivity contribution in [2.24, 2.45) is 17.3 Å². The molecule has 106 valence electrons. The van der Waals surface area contributed by atoms with E-state index in [1.807, 2.05) is 0 Å². The molecule has 0 unspecified atom stereocenters. The maximum atomic E-state index is 5.49. The molecule has 2 aliphatic rings. The van der Waals surface area contributed by atoms with E-state index < -0.39 is 0 Å². The Kier molecular flexibility index (Phi) is 5.50. The summed E-state index contributed by atoms with van der Waals surface area (Å²) in [7, 11) is 0. The average molecular weight is 253 g/mol. The average Bonchev–Trinajstić information content (AvgIpc) is 2.78. The molecular weight excluding hydrogens is 222 g/mol. The highest BCUT2D eigenvalue weighted by molar-refractivity contribution is 4.89. The van der Waals surface area contributed by atoms with Crippen molar-refractivity contribution in [2.45, 2.75) is 58.8 Å². The molecule has 1 saturated carbocycles. The number of nitrogens with one attached hydrogen (secondary N) is 1. The third-order valence-electron chi connectivity index (χ3n) is 4.78. The van der Waals surface area contributed by atoms with Crippen LogP contribution in [0, 0.1) is 17.3 Å². The molecule has 0 atom stereocenters. The number of hydrogen-bond donors (Lipinski definition) is 1. The Morgan fingerprint density at radius 2 is 1.83 bits per heavy atom. The highest BCUT2D eigenvalue weighted by Crippen LogP contribution is 2.44. The molecular formula is C16H31NO. The predicted molar refractivity (Wildman–Crippen MR) is 76.8 cm³/mol. The van der Waals surface area contributed by atoms with Crippen LogP contribution in [0.1, 0.15) is 58.8 Å². The van der Waals surface area contributed by atoms with Gasteiger partial charge in [0.05, 0.1) is 0 Å². The molecule has 1 heterocycles. The standard InChI is InChI=1S/C16H31NO/c1-14(2)12-17-13-16(7-3-4-8-16)11-15-5-9-18-10-6-15/h14-15,17H,3-13H2,1-2H3. The first kappa shape index (κ1) is 14.3. The summed E-state index contributed by atoms with van der Waals surface area (Å²) >= 11 is 0. The number of ether oxygens (including phenoxy) is 1. The highest BCUT2D eigenvalue weighted by atomic mass is 16.5. The fourth-order valence-electron chi connectivity index (χ4n) is 3.77. The van der Waals surface area contributed by atoms with Crippen molar-refractivity contribution in [3.05, 3.63) is 0 Å². The van der Waals surface area contributed by atoms with Gasteiger partial charge in [0.15, 0.2) is 0 Å². The molecule has 0 amide bonds. The minimum absolute atomic E-state index is 0.622. The van der Waals surface area contributed by atoms with E-state index in [4.69, 9.17) is 4.74 Å². The van der Waals surface area contributed by atoms with Crippen LogP contribution in [0.3, 0.4) is 0 Å². The van der Waals surface area contributed by atoms with Crippen LogP contribution in [-0.2, 0) is 4.74 Å². The highest BCUT2D eigenvalue weighted by Gasteiger charge is 2.36. The molecule has 1 aliphatic carbocycles. The third-order valence-corrected chi connectivity index (χ3v) is 4.78. The van der Waals surface area contributed by atoms with E-state index in [0.717, 1.165) is 25.0 Å². The maximum absolute atomic E-state index is 5.49. The van der Waals surface area contributed by atoms with Gasteiger partial charge in [-0.1, -0.05) is 26.7 Å². The van der Waals surface area contributed by atoms with Gasteiger partial charge in [-0.05, 0) is 55.9 Å². The van der Waals surface area contributed by atoms with Crippen LogP contribution in [0.2, 0.25) is 0 Å². The normalized spacial score (nSPS) is 24.8. The van der Waals surface area contributed by atoms with Gasteiger partial charge >= 0.3 is 0 Å². The fraction of sp³-hybridized carbons (Fsp3) is 1.00. The maximum Gasteiger partial charge on any atom is 0.0468 e. The van der Waals surface area contributed by atoms with Gasteiger partial charge in [-0.15, -0.1) is 0 Å². The zero-order chi connectivity index (χ0) is 12.8. The minimum atomic E-state index is 0.622. The molecule has 0 aromatic carbocycles. The van der Waals surface area contributed by atoms with Crippen LogP contribution in [0.25, 0.3) is 0 Å². The lowest BCUT2D eigenvalue weighted by atomic mass is 9.75. The quantitative estimate of drug-likeness (QED) is 0.781. The molecule has 2 fully saturated rings. The van der Waals surface area contributed by atoms with Crippen molar-refractivity contribution in [1.29, 1.82) is 0 Å². The molecule has 0 spiro atoms. The molecule has 0 aromatic rings. The zero-order valence-corrected chi connectivity index (χ0v) is 12.3. The first-order chi connectivity index (χ1) is 8.70. The second kappa shape index (κ2) is 6.91. The summed E-state index contributed by atoms with van der Waals surface area (Å²) in [6, 6.07) is 0. The molecule has 2 nitrogen and oxygen atoms in total. The smallest absolute Gasteiger partial charge is 0.0468 e. The lowest BCUT2D eigenvalue weighted by Crippen LogP contribution is -2.36. The summed E-state index contributed by atoms with van der Waals surface area (Å²) in [5.41, 5.74) is 0.622. The van der Waals surface area contributed by atoms with Crippen molar-refractivity contribution in [3.63, 3.8) is 0 Å². The van der Waals surface area contributed by atoms with Gasteiger partial charge in [0.2, 0.25) is 0 Å². The van der Waals surface area contributed by atoms with E-state index in [-0.39, 0.29) is 0 Å². The summed E-state index contributed by atoms with van der Waals surface area (Å²) in [4.78, 5) is 0. The molecule has 1 saturated heterocycles. The summed E-state index contributed by atoms with van der Waals surface area (Å²) in [6.45, 7) is 9.03. The molecule has 2 heteroatoms. The van der Waals surface area contributed by atoms with E-state index in [0.29, 0.717) is 5.41 Å². The fourth-order valence-corrected chi connectivity index (χ4v) is 3.77. The van der Waals surface area contributed by atoms with E-state index >= 15 is 0 Å². The Morgan fingerprint density at radius 1 is 1.17 bits per heavy atom. The Morgan fingerprint density at radius 3 is 2.44 bits per heavy atom. The van der Waals surface area contributed by atoms with Crippen molar-refractivity contribution in [2.75, 3.05) is 26.3 Å². The van der Waals surface area contributed by atoms with Crippen LogP contribution < -0.4 is 5.32 Å². The van der Waals surface area contributed by atoms with Gasteiger partial charge in [-0.3, -0.25) is 0 Å². The molecule has 1 aliphatic heterocycles. The first-order valence-electron chi connectivity index (χ1n) is 7.99.